The number of rotatable bonds is 11. The van der Waals surface area contributed by atoms with Gasteiger partial charge in [0.2, 0.25) is 11.8 Å². The van der Waals surface area contributed by atoms with Crippen LogP contribution in [0.15, 0.2) is 30.3 Å². The molecule has 0 radical (unpaired) electrons. The minimum absolute atomic E-state index is 0.00931. The smallest absolute Gasteiger partial charge is 0.227 e. The Balaban J connectivity index is 2.51. The van der Waals surface area contributed by atoms with Crippen LogP contribution >= 0.6 is 11.8 Å². The van der Waals surface area contributed by atoms with E-state index in [0.29, 0.717) is 18.7 Å². The summed E-state index contributed by atoms with van der Waals surface area (Å²) < 4.78 is 0. The largest absolute Gasteiger partial charge is 0.369 e. The first-order valence-electron chi connectivity index (χ1n) is 8.00. The molecule has 1 unspecified atom stereocenters. The van der Waals surface area contributed by atoms with Crippen LogP contribution in [-0.2, 0) is 9.59 Å². The van der Waals surface area contributed by atoms with E-state index in [0.717, 1.165) is 13.1 Å². The fraction of sp³-hybridized carbons (Fsp3) is 0.529. The number of thioether (sulfide) groups is 1. The number of carbonyl (C=O) groups is 2. The van der Waals surface area contributed by atoms with E-state index in [2.05, 4.69) is 36.2 Å². The molecule has 128 valence electrons. The van der Waals surface area contributed by atoms with Crippen LogP contribution in [0.25, 0.3) is 0 Å². The Morgan fingerprint density at radius 1 is 1.22 bits per heavy atom. The van der Waals surface area contributed by atoms with Crippen LogP contribution in [0.3, 0.4) is 0 Å². The number of nitrogens with one attached hydrogen (secondary N) is 1. The molecule has 2 amide bonds. The average Bonchev–Trinajstić information content (AvgIpc) is 2.56. The number of nitrogens with zero attached hydrogens (tertiary/aromatic N) is 1. The van der Waals surface area contributed by atoms with Gasteiger partial charge in [-0.2, -0.15) is 11.8 Å². The van der Waals surface area contributed by atoms with Gasteiger partial charge >= 0.3 is 0 Å². The Labute approximate surface area is 143 Å². The predicted molar refractivity (Wildman–Crippen MR) is 96.3 cm³/mol. The number of carbonyl (C=O) groups excluding carboxylic acids is 2. The SMILES string of the molecule is CCN(CC)C(CNC(=O)CCSCC(N)=O)c1ccccc1. The summed E-state index contributed by atoms with van der Waals surface area (Å²) in [5, 5.41) is 3.01. The van der Waals surface area contributed by atoms with Crippen molar-refractivity contribution in [3.63, 3.8) is 0 Å². The van der Waals surface area contributed by atoms with Crippen molar-refractivity contribution in [2.45, 2.75) is 26.3 Å². The van der Waals surface area contributed by atoms with Crippen molar-refractivity contribution in [3.05, 3.63) is 35.9 Å². The summed E-state index contributed by atoms with van der Waals surface area (Å²) in [6, 6.07) is 10.4. The Morgan fingerprint density at radius 3 is 2.43 bits per heavy atom. The molecule has 1 rings (SSSR count). The quantitative estimate of drug-likeness (QED) is 0.604. The van der Waals surface area contributed by atoms with E-state index in [-0.39, 0.29) is 23.6 Å². The van der Waals surface area contributed by atoms with Crippen LogP contribution in [0.1, 0.15) is 31.9 Å². The number of primary amides is 1. The number of amides is 2. The van der Waals surface area contributed by atoms with Gasteiger partial charge in [-0.3, -0.25) is 14.5 Å². The van der Waals surface area contributed by atoms with Crippen LogP contribution in [0.2, 0.25) is 0 Å². The number of benzene rings is 1. The van der Waals surface area contributed by atoms with Crippen molar-refractivity contribution in [3.8, 4) is 0 Å². The number of hydrogen-bond acceptors (Lipinski definition) is 4. The lowest BCUT2D eigenvalue weighted by Gasteiger charge is -2.30. The monoisotopic (exact) mass is 337 g/mol. The molecule has 0 aliphatic heterocycles. The van der Waals surface area contributed by atoms with E-state index in [9.17, 15) is 9.59 Å². The first-order chi connectivity index (χ1) is 11.1. The molecule has 1 atom stereocenters. The molecule has 0 aliphatic carbocycles. The van der Waals surface area contributed by atoms with Gasteiger partial charge in [0.15, 0.2) is 0 Å². The topological polar surface area (TPSA) is 75.4 Å². The second-order valence-electron chi connectivity index (χ2n) is 5.22. The number of likely N-dealkylation sites (N-methyl/N-ethyl adjacent to an activating group) is 1. The maximum absolute atomic E-state index is 12.0. The molecular weight excluding hydrogens is 310 g/mol. The molecule has 0 fully saturated rings. The second-order valence-corrected chi connectivity index (χ2v) is 6.33. The van der Waals surface area contributed by atoms with Gasteiger partial charge in [-0.05, 0) is 18.7 Å². The highest BCUT2D eigenvalue weighted by molar-refractivity contribution is 7.99. The molecule has 0 aliphatic rings. The maximum atomic E-state index is 12.0. The summed E-state index contributed by atoms with van der Waals surface area (Å²) in [6.45, 7) is 6.70. The van der Waals surface area contributed by atoms with Gasteiger partial charge in [0.1, 0.15) is 0 Å². The van der Waals surface area contributed by atoms with E-state index in [1.165, 1.54) is 17.3 Å². The van der Waals surface area contributed by atoms with E-state index in [1.54, 1.807) is 0 Å². The Kier molecular flexibility index (Phi) is 9.40. The van der Waals surface area contributed by atoms with Crippen molar-refractivity contribution >= 4 is 23.6 Å². The van der Waals surface area contributed by atoms with Gasteiger partial charge in [0.25, 0.3) is 0 Å². The van der Waals surface area contributed by atoms with Gasteiger partial charge < -0.3 is 11.1 Å². The van der Waals surface area contributed by atoms with E-state index in [4.69, 9.17) is 5.73 Å². The van der Waals surface area contributed by atoms with Crippen LogP contribution in [0.4, 0.5) is 0 Å². The zero-order valence-corrected chi connectivity index (χ0v) is 14.8. The van der Waals surface area contributed by atoms with Crippen molar-refractivity contribution in [2.75, 3.05) is 31.1 Å². The summed E-state index contributed by atoms with van der Waals surface area (Å²) in [6.07, 6.45) is 0.401. The Morgan fingerprint density at radius 2 is 1.87 bits per heavy atom. The number of hydrogen-bond donors (Lipinski definition) is 2. The van der Waals surface area contributed by atoms with Crippen molar-refractivity contribution in [2.24, 2.45) is 5.73 Å². The summed E-state index contributed by atoms with van der Waals surface area (Å²) in [4.78, 5) is 24.9. The van der Waals surface area contributed by atoms with Gasteiger partial charge in [0, 0.05) is 18.7 Å². The van der Waals surface area contributed by atoms with Crippen molar-refractivity contribution in [1.29, 1.82) is 0 Å². The molecule has 23 heavy (non-hydrogen) atoms. The fourth-order valence-electron chi connectivity index (χ4n) is 2.43. The summed E-state index contributed by atoms with van der Waals surface area (Å²) in [5.74, 6) is 0.534. The minimum atomic E-state index is -0.346. The third kappa shape index (κ3) is 7.52. The molecule has 0 bridgehead atoms. The van der Waals surface area contributed by atoms with Crippen LogP contribution in [0.5, 0.6) is 0 Å². The molecule has 0 spiro atoms. The molecule has 6 heteroatoms. The third-order valence-corrected chi connectivity index (χ3v) is 4.63. The molecule has 5 nitrogen and oxygen atoms in total. The lowest BCUT2D eigenvalue weighted by molar-refractivity contribution is -0.121. The normalized spacial score (nSPS) is 12.1. The highest BCUT2D eigenvalue weighted by Crippen LogP contribution is 2.19. The van der Waals surface area contributed by atoms with Crippen LogP contribution in [0, 0.1) is 0 Å². The zero-order valence-electron chi connectivity index (χ0n) is 14.0. The fourth-order valence-corrected chi connectivity index (χ4v) is 3.11. The average molecular weight is 337 g/mol. The lowest BCUT2D eigenvalue weighted by Crippen LogP contribution is -2.38. The molecule has 0 saturated heterocycles. The third-order valence-electron chi connectivity index (χ3n) is 3.65. The Bertz CT molecular complexity index is 478. The second kappa shape index (κ2) is 11.1. The number of nitrogens with two attached hydrogens (primary N) is 1. The summed E-state index contributed by atoms with van der Waals surface area (Å²) >= 11 is 1.39. The van der Waals surface area contributed by atoms with Crippen molar-refractivity contribution in [1.82, 2.24) is 10.2 Å². The van der Waals surface area contributed by atoms with Gasteiger partial charge in [-0.15, -0.1) is 0 Å². The first kappa shape index (κ1) is 19.5. The van der Waals surface area contributed by atoms with E-state index >= 15 is 0 Å². The molecule has 1 aromatic rings. The highest BCUT2D eigenvalue weighted by atomic mass is 32.2. The molecule has 0 aromatic heterocycles. The molecule has 3 N–H and O–H groups in total. The predicted octanol–water partition coefficient (Wildman–Crippen LogP) is 1.79. The summed E-state index contributed by atoms with van der Waals surface area (Å²) in [7, 11) is 0. The van der Waals surface area contributed by atoms with Crippen molar-refractivity contribution < 1.29 is 9.59 Å². The van der Waals surface area contributed by atoms with Crippen LogP contribution < -0.4 is 11.1 Å². The van der Waals surface area contributed by atoms with Gasteiger partial charge in [-0.1, -0.05) is 44.2 Å². The minimum Gasteiger partial charge on any atom is -0.369 e. The maximum Gasteiger partial charge on any atom is 0.227 e. The first-order valence-corrected chi connectivity index (χ1v) is 9.15. The Hall–Kier alpha value is -1.53. The zero-order chi connectivity index (χ0) is 17.1. The molecule has 1 aromatic carbocycles. The van der Waals surface area contributed by atoms with Crippen LogP contribution in [-0.4, -0.2) is 47.9 Å². The highest BCUT2D eigenvalue weighted by Gasteiger charge is 2.18. The van der Waals surface area contributed by atoms with E-state index < -0.39 is 0 Å². The van der Waals surface area contributed by atoms with Gasteiger partial charge in [0.05, 0.1) is 11.8 Å². The molecule has 0 heterocycles. The lowest BCUT2D eigenvalue weighted by atomic mass is 10.1. The summed E-state index contributed by atoms with van der Waals surface area (Å²) in [5.41, 5.74) is 6.28. The molecular formula is C17H27N3O2S. The molecule has 0 saturated carbocycles. The van der Waals surface area contributed by atoms with E-state index in [1.807, 2.05) is 18.2 Å². The van der Waals surface area contributed by atoms with Gasteiger partial charge in [-0.25, -0.2) is 0 Å². The standard InChI is InChI=1S/C17H27N3O2S/c1-3-20(4-2)15(14-8-6-5-7-9-14)12-19-17(22)10-11-23-13-16(18)21/h5-9,15H,3-4,10-13H2,1-2H3,(H2,18,21)(H,19,22).